The van der Waals surface area contributed by atoms with Gasteiger partial charge in [0, 0.05) is 51.4 Å². The first-order chi connectivity index (χ1) is 22.6. The van der Waals surface area contributed by atoms with Crippen LogP contribution in [0.2, 0.25) is 0 Å². The molecular formula is C33H55N9O3S. The molecular weight excluding hydrogens is 602 g/mol. The third-order valence-corrected chi connectivity index (χ3v) is 8.31. The minimum absolute atomic E-state index is 0.0849. The Bertz CT molecular complexity index is 1270. The maximum atomic E-state index is 9.17. The predicted molar refractivity (Wildman–Crippen MR) is 192 cm³/mol. The third kappa shape index (κ3) is 10.0. The van der Waals surface area contributed by atoms with Crippen molar-refractivity contribution in [2.45, 2.75) is 90.3 Å². The molecule has 2 aromatic rings. The number of allylic oxidation sites excluding steroid dienone is 1. The van der Waals surface area contributed by atoms with Gasteiger partial charge in [-0.25, -0.2) is 15.5 Å². The molecule has 13 heteroatoms. The highest BCUT2D eigenvalue weighted by molar-refractivity contribution is 7.79. The molecule has 46 heavy (non-hydrogen) atoms. The van der Waals surface area contributed by atoms with Gasteiger partial charge in [0.25, 0.3) is 0 Å². The van der Waals surface area contributed by atoms with E-state index in [1.807, 2.05) is 33.2 Å². The maximum Gasteiger partial charge on any atom is 0.227 e. The van der Waals surface area contributed by atoms with Crippen LogP contribution >= 0.6 is 12.6 Å². The number of rotatable bonds is 13. The molecule has 256 valence electrons. The Morgan fingerprint density at radius 2 is 1.87 bits per heavy atom. The lowest BCUT2D eigenvalue weighted by atomic mass is 9.93. The van der Waals surface area contributed by atoms with Crippen molar-refractivity contribution in [1.82, 2.24) is 25.2 Å². The molecule has 0 aromatic carbocycles. The lowest BCUT2D eigenvalue weighted by Crippen LogP contribution is -2.36. The monoisotopic (exact) mass is 657 g/mol. The number of pyridine rings is 1. The molecule has 2 fully saturated rings. The van der Waals surface area contributed by atoms with Crippen LogP contribution in [0.1, 0.15) is 82.9 Å². The fraction of sp³-hybridized carbons (Fsp3) is 0.606. The zero-order valence-electron chi connectivity index (χ0n) is 28.3. The van der Waals surface area contributed by atoms with E-state index >= 15 is 0 Å². The molecule has 5 N–H and O–H groups in total. The Kier molecular flexibility index (Phi) is 16.1. The number of ether oxygens (including phenoxy) is 2. The number of anilines is 3. The number of thiol groups is 1. The summed E-state index contributed by atoms with van der Waals surface area (Å²) < 4.78 is 14.0. The van der Waals surface area contributed by atoms with Crippen LogP contribution in [0.3, 0.4) is 0 Å². The van der Waals surface area contributed by atoms with Crippen molar-refractivity contribution >= 4 is 42.4 Å². The van der Waals surface area contributed by atoms with Crippen LogP contribution in [-0.4, -0.2) is 71.2 Å². The number of hydrogen-bond donors (Lipinski definition) is 6. The SMILES string of the molecule is C=Cc1c(NCNCc2cnc(NO)n2C)cc(N2CCCCC2)nc1OC1CCC(NC2=C(OC)CCC=N2)CC1.CC.CS. The first-order valence-corrected chi connectivity index (χ1v) is 17.4. The summed E-state index contributed by atoms with van der Waals surface area (Å²) in [5.74, 6) is 3.79. The highest BCUT2D eigenvalue weighted by Gasteiger charge is 2.26. The van der Waals surface area contributed by atoms with Gasteiger partial charge < -0.3 is 29.6 Å². The predicted octanol–water partition coefficient (Wildman–Crippen LogP) is 5.94. The quantitative estimate of drug-likeness (QED) is 0.0666. The maximum absolute atomic E-state index is 9.17. The van der Waals surface area contributed by atoms with E-state index in [0.29, 0.717) is 31.1 Å². The average Bonchev–Trinajstić information content (AvgIpc) is 3.48. The van der Waals surface area contributed by atoms with Crippen LogP contribution in [0.5, 0.6) is 5.88 Å². The summed E-state index contributed by atoms with van der Waals surface area (Å²) in [6.45, 7) is 11.2. The van der Waals surface area contributed by atoms with Gasteiger partial charge in [-0.15, -0.1) is 0 Å². The molecule has 1 saturated carbocycles. The highest BCUT2D eigenvalue weighted by Crippen LogP contribution is 2.34. The molecule has 2 aromatic heterocycles. The van der Waals surface area contributed by atoms with Crippen LogP contribution in [0.4, 0.5) is 17.5 Å². The average molecular weight is 658 g/mol. The van der Waals surface area contributed by atoms with Crippen LogP contribution in [-0.2, 0) is 18.3 Å². The van der Waals surface area contributed by atoms with Crippen molar-refractivity contribution < 1.29 is 14.7 Å². The van der Waals surface area contributed by atoms with Crippen molar-refractivity contribution in [2.24, 2.45) is 12.0 Å². The fourth-order valence-corrected chi connectivity index (χ4v) is 5.83. The molecule has 0 amide bonds. The van der Waals surface area contributed by atoms with E-state index in [0.717, 1.165) is 86.0 Å². The topological polar surface area (TPSA) is 133 Å². The lowest BCUT2D eigenvalue weighted by Gasteiger charge is -2.32. The molecule has 0 spiro atoms. The van der Waals surface area contributed by atoms with E-state index in [4.69, 9.17) is 14.5 Å². The zero-order valence-corrected chi connectivity index (χ0v) is 29.2. The number of aliphatic imine (C=N–C) groups is 1. The standard InChI is InChI=1S/C30H45N9O3.C2H6.CH4S/c1-4-24-25(34-20-31-18-22-19-33-30(37-40)38(22)2)17-27(39-15-6-5-7-16-39)36-29(24)42-23-12-10-21(11-13-23)35-28-26(41-3)9-8-14-32-28;2*1-2/h4,14,17,19,21,23,31,35,40H,1,5-13,15-16,18,20H2,2-3H3,(H,33,37)(H,34,36);1-2H3;2H,1H3. The summed E-state index contributed by atoms with van der Waals surface area (Å²) in [4.78, 5) is 16.1. The Balaban J connectivity index is 0.00000139. The summed E-state index contributed by atoms with van der Waals surface area (Å²) in [5.41, 5.74) is 4.86. The number of aromatic nitrogens is 3. The van der Waals surface area contributed by atoms with Crippen LogP contribution in [0.25, 0.3) is 6.08 Å². The van der Waals surface area contributed by atoms with Gasteiger partial charge in [-0.1, -0.05) is 26.5 Å². The third-order valence-electron chi connectivity index (χ3n) is 8.31. The van der Waals surface area contributed by atoms with Crippen LogP contribution in [0.15, 0.2) is 35.4 Å². The molecule has 0 unspecified atom stereocenters. The Morgan fingerprint density at radius 1 is 1.13 bits per heavy atom. The van der Waals surface area contributed by atoms with Gasteiger partial charge in [0.2, 0.25) is 11.8 Å². The van der Waals surface area contributed by atoms with Crippen molar-refractivity contribution in [3.8, 4) is 5.88 Å². The highest BCUT2D eigenvalue weighted by atomic mass is 32.1. The Morgan fingerprint density at radius 3 is 2.52 bits per heavy atom. The number of nitrogens with one attached hydrogen (secondary N) is 4. The van der Waals surface area contributed by atoms with Gasteiger partial charge in [-0.3, -0.25) is 10.5 Å². The Hall–Kier alpha value is -3.42. The molecule has 12 nitrogen and oxygen atoms in total. The van der Waals surface area contributed by atoms with E-state index in [1.165, 1.54) is 19.3 Å². The van der Waals surface area contributed by atoms with Gasteiger partial charge >= 0.3 is 0 Å². The summed E-state index contributed by atoms with van der Waals surface area (Å²) >= 11 is 3.53. The van der Waals surface area contributed by atoms with Crippen LogP contribution in [0, 0.1) is 0 Å². The van der Waals surface area contributed by atoms with Crippen molar-refractivity contribution in [2.75, 3.05) is 48.8 Å². The van der Waals surface area contributed by atoms with Crippen molar-refractivity contribution in [3.63, 3.8) is 0 Å². The Labute approximate surface area is 280 Å². The number of imidazole rings is 1. The molecule has 2 aliphatic heterocycles. The second kappa shape index (κ2) is 20.0. The summed E-state index contributed by atoms with van der Waals surface area (Å²) in [5, 5.41) is 19.7. The number of nitrogens with zero attached hydrogens (tertiary/aromatic N) is 5. The first-order valence-electron chi connectivity index (χ1n) is 16.5. The molecule has 4 heterocycles. The fourth-order valence-electron chi connectivity index (χ4n) is 5.83. The summed E-state index contributed by atoms with van der Waals surface area (Å²) in [7, 11) is 3.57. The molecule has 0 bridgehead atoms. The number of piperidine rings is 1. The number of hydrogen-bond acceptors (Lipinski definition) is 12. The smallest absolute Gasteiger partial charge is 0.227 e. The van der Waals surface area contributed by atoms with Crippen molar-refractivity contribution in [3.05, 3.63) is 41.7 Å². The van der Waals surface area contributed by atoms with E-state index in [2.05, 4.69) is 61.6 Å². The largest absolute Gasteiger partial charge is 0.497 e. The van der Waals surface area contributed by atoms with E-state index in [1.54, 1.807) is 24.1 Å². The molecule has 0 radical (unpaired) electrons. The summed E-state index contributed by atoms with van der Waals surface area (Å²) in [6.07, 6.45) is 16.6. The molecule has 1 saturated heterocycles. The minimum atomic E-state index is 0.0849. The minimum Gasteiger partial charge on any atom is -0.497 e. The number of methoxy groups -OCH3 is 1. The molecule has 0 atom stereocenters. The van der Waals surface area contributed by atoms with Gasteiger partial charge in [0.15, 0.2) is 5.82 Å². The van der Waals surface area contributed by atoms with E-state index in [9.17, 15) is 5.21 Å². The van der Waals surface area contributed by atoms with Gasteiger partial charge in [-0.2, -0.15) is 17.6 Å². The van der Waals surface area contributed by atoms with E-state index < -0.39 is 0 Å². The van der Waals surface area contributed by atoms with Gasteiger partial charge in [0.05, 0.1) is 36.9 Å². The normalized spacial score (nSPS) is 19.2. The summed E-state index contributed by atoms with van der Waals surface area (Å²) in [6, 6.07) is 2.46. The molecule has 3 aliphatic rings. The molecule has 1 aliphatic carbocycles. The second-order valence-corrected chi connectivity index (χ2v) is 11.1. The second-order valence-electron chi connectivity index (χ2n) is 11.1. The first kappa shape index (κ1) is 37.0. The van der Waals surface area contributed by atoms with E-state index in [-0.39, 0.29) is 6.10 Å². The molecule has 5 rings (SSSR count). The van der Waals surface area contributed by atoms with Gasteiger partial charge in [0.1, 0.15) is 17.7 Å². The van der Waals surface area contributed by atoms with Crippen LogP contribution < -0.4 is 31.1 Å². The van der Waals surface area contributed by atoms with Gasteiger partial charge in [-0.05, 0) is 57.6 Å². The zero-order chi connectivity index (χ0) is 33.3. The lowest BCUT2D eigenvalue weighted by molar-refractivity contribution is 0.135. The van der Waals surface area contributed by atoms with Crippen molar-refractivity contribution in [1.29, 1.82) is 0 Å².